The molecule has 15 heavy (non-hydrogen) atoms. The van der Waals surface area contributed by atoms with Crippen molar-refractivity contribution in [2.24, 2.45) is 0 Å². The Balaban J connectivity index is 2.91. The van der Waals surface area contributed by atoms with Gasteiger partial charge in [0.25, 0.3) is 0 Å². The third kappa shape index (κ3) is 4.07. The third-order valence-electron chi connectivity index (χ3n) is 1.79. The summed E-state index contributed by atoms with van der Waals surface area (Å²) in [5.74, 6) is -0.287. The summed E-state index contributed by atoms with van der Waals surface area (Å²) in [4.78, 5) is 0. The molecule has 0 aliphatic heterocycles. The molecule has 0 aliphatic carbocycles. The molecule has 0 unspecified atom stereocenters. The van der Waals surface area contributed by atoms with Gasteiger partial charge in [0.15, 0.2) is 0 Å². The fraction of sp³-hybridized carbons (Fsp3) is 0.333. The van der Waals surface area contributed by atoms with Gasteiger partial charge in [0.05, 0.1) is 12.4 Å². The SMILES string of the molecule is COCc1ccc(CS(=O)(=O)Cl)cc1O. The molecule has 1 aromatic rings. The average Bonchev–Trinajstić information content (AvgIpc) is 2.07. The molecule has 0 fully saturated rings. The first-order chi connectivity index (χ1) is 6.92. The molecule has 1 rings (SSSR count). The Bertz CT molecular complexity index is 441. The highest BCUT2D eigenvalue weighted by Crippen LogP contribution is 2.21. The van der Waals surface area contributed by atoms with Gasteiger partial charge in [0, 0.05) is 23.4 Å². The second kappa shape index (κ2) is 4.83. The minimum atomic E-state index is -3.59. The molecule has 0 aliphatic rings. The molecule has 0 saturated heterocycles. The lowest BCUT2D eigenvalue weighted by Gasteiger charge is -2.05. The molecule has 0 bridgehead atoms. The van der Waals surface area contributed by atoms with E-state index in [4.69, 9.17) is 15.4 Å². The summed E-state index contributed by atoms with van der Waals surface area (Å²) in [7, 11) is 3.01. The number of hydrogen-bond acceptors (Lipinski definition) is 4. The molecule has 0 saturated carbocycles. The van der Waals surface area contributed by atoms with Crippen LogP contribution in [0.2, 0.25) is 0 Å². The minimum absolute atomic E-state index is 0.00895. The number of hydrogen-bond donors (Lipinski definition) is 1. The lowest BCUT2D eigenvalue weighted by Crippen LogP contribution is -1.96. The fourth-order valence-corrected chi connectivity index (χ4v) is 2.13. The molecule has 0 spiro atoms. The zero-order chi connectivity index (χ0) is 11.5. The van der Waals surface area contributed by atoms with Gasteiger partial charge < -0.3 is 9.84 Å². The molecule has 0 heterocycles. The highest BCUT2D eigenvalue weighted by molar-refractivity contribution is 8.13. The largest absolute Gasteiger partial charge is 0.508 e. The van der Waals surface area contributed by atoms with Crippen LogP contribution in [-0.2, 0) is 26.1 Å². The van der Waals surface area contributed by atoms with Crippen molar-refractivity contribution in [2.75, 3.05) is 7.11 Å². The molecule has 0 radical (unpaired) electrons. The van der Waals surface area contributed by atoms with Gasteiger partial charge >= 0.3 is 0 Å². The molecule has 4 nitrogen and oxygen atoms in total. The highest BCUT2D eigenvalue weighted by atomic mass is 35.7. The lowest BCUT2D eigenvalue weighted by atomic mass is 10.1. The van der Waals surface area contributed by atoms with Crippen LogP contribution in [0.15, 0.2) is 18.2 Å². The Labute approximate surface area is 92.9 Å². The van der Waals surface area contributed by atoms with E-state index >= 15 is 0 Å². The predicted octanol–water partition coefficient (Wildman–Crippen LogP) is 1.61. The normalized spacial score (nSPS) is 11.6. The highest BCUT2D eigenvalue weighted by Gasteiger charge is 2.09. The van der Waals surface area contributed by atoms with Crippen LogP contribution in [0.1, 0.15) is 11.1 Å². The van der Waals surface area contributed by atoms with E-state index in [9.17, 15) is 13.5 Å². The maximum absolute atomic E-state index is 10.8. The monoisotopic (exact) mass is 250 g/mol. The summed E-state index contributed by atoms with van der Waals surface area (Å²) in [6.07, 6.45) is 0. The number of rotatable bonds is 4. The van der Waals surface area contributed by atoms with Gasteiger partial charge in [-0.15, -0.1) is 0 Å². The van der Waals surface area contributed by atoms with Crippen LogP contribution in [0.3, 0.4) is 0 Å². The van der Waals surface area contributed by atoms with Gasteiger partial charge in [0.1, 0.15) is 5.75 Å². The summed E-state index contributed by atoms with van der Waals surface area (Å²) in [5, 5.41) is 9.50. The second-order valence-corrected chi connectivity index (χ2v) is 5.86. The Hall–Kier alpha value is -0.780. The van der Waals surface area contributed by atoms with Crippen LogP contribution in [0.4, 0.5) is 0 Å². The van der Waals surface area contributed by atoms with Crippen LogP contribution in [0, 0.1) is 0 Å². The van der Waals surface area contributed by atoms with E-state index in [1.54, 1.807) is 12.1 Å². The number of methoxy groups -OCH3 is 1. The quantitative estimate of drug-likeness (QED) is 0.825. The molecule has 0 atom stereocenters. The number of phenols is 1. The Morgan fingerprint density at radius 1 is 1.47 bits per heavy atom. The summed E-state index contributed by atoms with van der Waals surface area (Å²) < 4.78 is 26.4. The van der Waals surface area contributed by atoms with Crippen molar-refractivity contribution in [3.8, 4) is 5.75 Å². The topological polar surface area (TPSA) is 63.6 Å². The van der Waals surface area contributed by atoms with E-state index in [0.717, 1.165) is 0 Å². The van der Waals surface area contributed by atoms with Gasteiger partial charge in [0.2, 0.25) is 9.05 Å². The van der Waals surface area contributed by atoms with Crippen molar-refractivity contribution < 1.29 is 18.3 Å². The molecule has 0 amide bonds. The van der Waals surface area contributed by atoms with E-state index in [0.29, 0.717) is 11.1 Å². The van der Waals surface area contributed by atoms with Crippen LogP contribution >= 0.6 is 10.7 Å². The first kappa shape index (κ1) is 12.3. The van der Waals surface area contributed by atoms with Crippen LogP contribution < -0.4 is 0 Å². The third-order valence-corrected chi connectivity index (χ3v) is 2.79. The van der Waals surface area contributed by atoms with Crippen molar-refractivity contribution in [1.29, 1.82) is 0 Å². The predicted molar refractivity (Wildman–Crippen MR) is 57.3 cm³/mol. The van der Waals surface area contributed by atoms with Gasteiger partial charge in [-0.25, -0.2) is 8.42 Å². The standard InChI is InChI=1S/C9H11ClO4S/c1-14-5-8-3-2-7(4-9(8)11)6-15(10,12)13/h2-4,11H,5-6H2,1H3. The molecule has 0 aromatic heterocycles. The molecular formula is C9H11ClO4S. The maximum Gasteiger partial charge on any atom is 0.236 e. The summed E-state index contributed by atoms with van der Waals surface area (Å²) in [5.41, 5.74) is 1.05. The van der Waals surface area contributed by atoms with Gasteiger partial charge in [-0.2, -0.15) is 0 Å². The van der Waals surface area contributed by atoms with Crippen LogP contribution in [0.25, 0.3) is 0 Å². The number of halogens is 1. The van der Waals surface area contributed by atoms with Crippen LogP contribution in [0.5, 0.6) is 5.75 Å². The van der Waals surface area contributed by atoms with Gasteiger partial charge in [-0.1, -0.05) is 12.1 Å². The van der Waals surface area contributed by atoms with E-state index in [-0.39, 0.29) is 18.1 Å². The second-order valence-electron chi connectivity index (χ2n) is 3.08. The molecule has 1 N–H and O–H groups in total. The number of benzene rings is 1. The number of ether oxygens (including phenoxy) is 1. The molecule has 1 aromatic carbocycles. The number of phenolic OH excluding ortho intramolecular Hbond substituents is 1. The minimum Gasteiger partial charge on any atom is -0.508 e. The summed E-state index contributed by atoms with van der Waals surface area (Å²) in [6, 6.07) is 4.57. The smallest absolute Gasteiger partial charge is 0.236 e. The fourth-order valence-electron chi connectivity index (χ4n) is 1.18. The number of aromatic hydroxyl groups is 1. The molecular weight excluding hydrogens is 240 g/mol. The molecule has 6 heteroatoms. The van der Waals surface area contributed by atoms with Crippen LogP contribution in [-0.4, -0.2) is 20.6 Å². The van der Waals surface area contributed by atoms with Gasteiger partial charge in [-0.05, 0) is 11.6 Å². The van der Waals surface area contributed by atoms with Crippen molar-refractivity contribution in [3.63, 3.8) is 0 Å². The summed E-state index contributed by atoms with van der Waals surface area (Å²) in [6.45, 7) is 0.278. The Morgan fingerprint density at radius 2 is 2.13 bits per heavy atom. The van der Waals surface area contributed by atoms with E-state index in [1.807, 2.05) is 0 Å². The average molecular weight is 251 g/mol. The maximum atomic E-state index is 10.8. The molecule has 84 valence electrons. The van der Waals surface area contributed by atoms with Crippen molar-refractivity contribution in [3.05, 3.63) is 29.3 Å². The van der Waals surface area contributed by atoms with E-state index in [2.05, 4.69) is 0 Å². The lowest BCUT2D eigenvalue weighted by molar-refractivity contribution is 0.182. The first-order valence-electron chi connectivity index (χ1n) is 4.14. The van der Waals surface area contributed by atoms with Crippen molar-refractivity contribution in [2.45, 2.75) is 12.4 Å². The van der Waals surface area contributed by atoms with Gasteiger partial charge in [-0.3, -0.25) is 0 Å². The Kier molecular flexibility index (Phi) is 3.96. The van der Waals surface area contributed by atoms with Crippen molar-refractivity contribution >= 4 is 19.7 Å². The first-order valence-corrected chi connectivity index (χ1v) is 6.62. The zero-order valence-electron chi connectivity index (χ0n) is 8.10. The Morgan fingerprint density at radius 3 is 2.60 bits per heavy atom. The van der Waals surface area contributed by atoms with E-state index in [1.165, 1.54) is 13.2 Å². The summed E-state index contributed by atoms with van der Waals surface area (Å²) >= 11 is 0. The van der Waals surface area contributed by atoms with Crippen molar-refractivity contribution in [1.82, 2.24) is 0 Å². The zero-order valence-corrected chi connectivity index (χ0v) is 9.68. The van der Waals surface area contributed by atoms with E-state index < -0.39 is 9.05 Å².